The number of pyridine rings is 1. The zero-order valence-electron chi connectivity index (χ0n) is 18.6. The van der Waals surface area contributed by atoms with Crippen LogP contribution in [0.25, 0.3) is 22.3 Å². The van der Waals surface area contributed by atoms with Crippen LogP contribution in [0.3, 0.4) is 0 Å². The molecule has 4 heterocycles. The highest BCUT2D eigenvalue weighted by Gasteiger charge is 2.16. The van der Waals surface area contributed by atoms with Crippen LogP contribution in [0.2, 0.25) is 0 Å². The molecule has 0 aliphatic carbocycles. The van der Waals surface area contributed by atoms with Crippen LogP contribution in [0.4, 0.5) is 5.69 Å². The van der Waals surface area contributed by atoms with E-state index in [1.165, 1.54) is 12.8 Å². The molecule has 0 saturated carbocycles. The molecule has 0 atom stereocenters. The predicted octanol–water partition coefficient (Wildman–Crippen LogP) is 3.80. The second kappa shape index (κ2) is 8.11. The van der Waals surface area contributed by atoms with Gasteiger partial charge in [0.2, 0.25) is 5.88 Å². The van der Waals surface area contributed by atoms with Gasteiger partial charge in [0, 0.05) is 43.2 Å². The number of amides is 1. The minimum absolute atomic E-state index is 0.130. The summed E-state index contributed by atoms with van der Waals surface area (Å²) in [5.41, 5.74) is 5.41. The molecule has 0 fully saturated rings. The molecule has 1 aliphatic heterocycles. The highest BCUT2D eigenvalue weighted by atomic mass is 16.5. The normalized spacial score (nSPS) is 13.2. The molecule has 164 valence electrons. The van der Waals surface area contributed by atoms with Gasteiger partial charge in [0.25, 0.3) is 5.91 Å². The molecule has 1 aliphatic rings. The van der Waals surface area contributed by atoms with Crippen molar-refractivity contribution in [3.05, 3.63) is 53.6 Å². The van der Waals surface area contributed by atoms with Crippen LogP contribution in [0.1, 0.15) is 29.9 Å². The van der Waals surface area contributed by atoms with E-state index in [0.29, 0.717) is 11.6 Å². The predicted molar refractivity (Wildman–Crippen MR) is 123 cm³/mol. The van der Waals surface area contributed by atoms with Crippen molar-refractivity contribution in [3.63, 3.8) is 0 Å². The Morgan fingerprint density at radius 3 is 2.75 bits per heavy atom. The molecule has 0 saturated heterocycles. The van der Waals surface area contributed by atoms with Crippen molar-refractivity contribution >= 4 is 22.6 Å². The van der Waals surface area contributed by atoms with Crippen LogP contribution in [0.15, 0.2) is 36.5 Å². The Hall–Kier alpha value is -3.68. The molecule has 8 nitrogen and oxygen atoms in total. The summed E-state index contributed by atoms with van der Waals surface area (Å²) in [6.07, 6.45) is 5.56. The molecular formula is C24H26N6O2. The van der Waals surface area contributed by atoms with E-state index < -0.39 is 0 Å². The first-order chi connectivity index (χ1) is 15.5. The van der Waals surface area contributed by atoms with Crippen molar-refractivity contribution in [2.24, 2.45) is 7.05 Å². The van der Waals surface area contributed by atoms with Crippen LogP contribution in [0, 0.1) is 13.8 Å². The van der Waals surface area contributed by atoms with Crippen molar-refractivity contribution in [1.82, 2.24) is 24.3 Å². The molecule has 3 aromatic heterocycles. The molecule has 8 heteroatoms. The quantitative estimate of drug-likeness (QED) is 0.520. The third kappa shape index (κ3) is 3.84. The minimum atomic E-state index is -0.244. The average Bonchev–Trinajstić information content (AvgIpc) is 3.34. The zero-order chi connectivity index (χ0) is 22.2. The smallest absolute Gasteiger partial charge is 0.262 e. The molecule has 0 unspecified atom stereocenters. The topological polar surface area (TPSA) is 86.9 Å². The monoisotopic (exact) mass is 430 g/mol. The van der Waals surface area contributed by atoms with Crippen LogP contribution < -0.4 is 10.1 Å². The van der Waals surface area contributed by atoms with Gasteiger partial charge in [-0.2, -0.15) is 0 Å². The molecule has 5 rings (SSSR count). The number of aryl methyl sites for hydroxylation is 5. The van der Waals surface area contributed by atoms with Gasteiger partial charge in [0.1, 0.15) is 5.82 Å². The van der Waals surface area contributed by atoms with E-state index in [1.54, 1.807) is 4.68 Å². The van der Waals surface area contributed by atoms with Crippen LogP contribution in [-0.2, 0) is 24.8 Å². The summed E-state index contributed by atoms with van der Waals surface area (Å²) in [5, 5.41) is 8.10. The largest absolute Gasteiger partial charge is 0.466 e. The highest BCUT2D eigenvalue weighted by molar-refractivity contribution is 5.92. The van der Waals surface area contributed by atoms with E-state index >= 15 is 0 Å². The van der Waals surface area contributed by atoms with Crippen molar-refractivity contribution in [2.75, 3.05) is 11.9 Å². The van der Waals surface area contributed by atoms with Crippen LogP contribution >= 0.6 is 0 Å². The van der Waals surface area contributed by atoms with Gasteiger partial charge in [-0.25, -0.2) is 14.6 Å². The summed E-state index contributed by atoms with van der Waals surface area (Å²) in [6, 6.07) is 9.72. The van der Waals surface area contributed by atoms with Crippen LogP contribution in [-0.4, -0.2) is 36.8 Å². The van der Waals surface area contributed by atoms with E-state index in [4.69, 9.17) is 9.72 Å². The number of benzene rings is 1. The summed E-state index contributed by atoms with van der Waals surface area (Å²) in [6.45, 7) is 4.84. The number of carbonyl (C=O) groups is 1. The fourth-order valence-electron chi connectivity index (χ4n) is 4.26. The van der Waals surface area contributed by atoms with Gasteiger partial charge >= 0.3 is 0 Å². The lowest BCUT2D eigenvalue weighted by Crippen LogP contribution is -2.20. The minimum Gasteiger partial charge on any atom is -0.466 e. The number of hydrogen-bond acceptors (Lipinski definition) is 5. The number of nitrogens with zero attached hydrogens (tertiary/aromatic N) is 5. The molecule has 0 radical (unpaired) electrons. The fraction of sp³-hybridized carbons (Fsp3) is 0.333. The zero-order valence-corrected chi connectivity index (χ0v) is 18.6. The molecule has 4 aromatic rings. The van der Waals surface area contributed by atoms with E-state index in [1.807, 2.05) is 51.2 Å². The van der Waals surface area contributed by atoms with Gasteiger partial charge in [0.15, 0.2) is 12.3 Å². The molecular weight excluding hydrogens is 404 g/mol. The summed E-state index contributed by atoms with van der Waals surface area (Å²) >= 11 is 0. The lowest BCUT2D eigenvalue weighted by atomic mass is 10.1. The van der Waals surface area contributed by atoms with Crippen molar-refractivity contribution in [2.45, 2.75) is 39.7 Å². The van der Waals surface area contributed by atoms with E-state index in [9.17, 15) is 4.79 Å². The summed E-state index contributed by atoms with van der Waals surface area (Å²) in [5.74, 6) is 1.33. The van der Waals surface area contributed by atoms with Gasteiger partial charge in [-0.1, -0.05) is 12.1 Å². The number of rotatable bonds is 5. The molecule has 1 amide bonds. The Morgan fingerprint density at radius 2 is 1.97 bits per heavy atom. The Morgan fingerprint density at radius 1 is 1.16 bits per heavy atom. The van der Waals surface area contributed by atoms with E-state index in [0.717, 1.165) is 52.3 Å². The maximum atomic E-state index is 12.5. The highest BCUT2D eigenvalue weighted by Crippen LogP contribution is 2.27. The maximum Gasteiger partial charge on any atom is 0.262 e. The fourth-order valence-corrected chi connectivity index (χ4v) is 4.26. The molecule has 0 spiro atoms. The van der Waals surface area contributed by atoms with E-state index in [2.05, 4.69) is 26.2 Å². The molecule has 0 bridgehead atoms. The first-order valence-electron chi connectivity index (χ1n) is 10.9. The molecule has 1 aromatic carbocycles. The summed E-state index contributed by atoms with van der Waals surface area (Å²) in [7, 11) is 1.82. The summed E-state index contributed by atoms with van der Waals surface area (Å²) in [4.78, 5) is 21.7. The number of imidazole rings is 1. The van der Waals surface area contributed by atoms with Crippen molar-refractivity contribution in [1.29, 1.82) is 0 Å². The maximum absolute atomic E-state index is 12.5. The lowest BCUT2D eigenvalue weighted by molar-refractivity contribution is -0.118. The van der Waals surface area contributed by atoms with Crippen LogP contribution in [0.5, 0.6) is 5.88 Å². The lowest BCUT2D eigenvalue weighted by Gasteiger charge is -2.11. The van der Waals surface area contributed by atoms with Crippen molar-refractivity contribution in [3.8, 4) is 17.1 Å². The number of hydrogen-bond donors (Lipinski definition) is 1. The number of aromatic nitrogens is 5. The second-order valence-corrected chi connectivity index (χ2v) is 8.31. The van der Waals surface area contributed by atoms with Gasteiger partial charge < -0.3 is 14.6 Å². The standard InChI is InChI=1S/C24H26N6O2/c1-15-12-16(2)25-23-22(15)24(28-29(23)3)32-14-21(31)26-18-9-7-17(8-10-18)19-13-30-11-5-4-6-20(30)27-19/h7-10,12-13H,4-6,11,14H2,1-3H3,(H,26,31). The Kier molecular flexibility index (Phi) is 5.13. The Bertz CT molecular complexity index is 1280. The number of anilines is 1. The van der Waals surface area contributed by atoms with Gasteiger partial charge in [-0.3, -0.25) is 4.79 Å². The second-order valence-electron chi connectivity index (χ2n) is 8.31. The Labute approximate surface area is 186 Å². The number of ether oxygens (including phenoxy) is 1. The summed E-state index contributed by atoms with van der Waals surface area (Å²) < 4.78 is 9.66. The first-order valence-corrected chi connectivity index (χ1v) is 10.9. The van der Waals surface area contributed by atoms with Gasteiger partial charge in [-0.05, 0) is 50.5 Å². The van der Waals surface area contributed by atoms with Gasteiger partial charge in [-0.15, -0.1) is 5.10 Å². The SMILES string of the molecule is Cc1cc(C)c2c(OCC(=O)Nc3ccc(-c4cn5c(n4)CCCC5)cc3)nn(C)c2n1. The first kappa shape index (κ1) is 20.2. The van der Waals surface area contributed by atoms with Gasteiger partial charge in [0.05, 0.1) is 11.1 Å². The average molecular weight is 431 g/mol. The third-order valence-electron chi connectivity index (χ3n) is 5.80. The van der Waals surface area contributed by atoms with E-state index in [-0.39, 0.29) is 12.5 Å². The molecule has 1 N–H and O–H groups in total. The van der Waals surface area contributed by atoms with Crippen molar-refractivity contribution < 1.29 is 9.53 Å². The number of carbonyl (C=O) groups excluding carboxylic acids is 1. The molecule has 32 heavy (non-hydrogen) atoms. The number of fused-ring (bicyclic) bond motifs is 2. The third-order valence-corrected chi connectivity index (χ3v) is 5.80. The number of nitrogens with one attached hydrogen (secondary N) is 1. The Balaban J connectivity index is 1.24.